The summed E-state index contributed by atoms with van der Waals surface area (Å²) >= 11 is 7.73. The number of benzene rings is 1. The van der Waals surface area contributed by atoms with Gasteiger partial charge in [0.15, 0.2) is 0 Å². The number of rotatable bonds is 5. The smallest absolute Gasteiger partial charge is 0.253 e. The van der Waals surface area contributed by atoms with Crippen LogP contribution < -0.4 is 16.0 Å². The van der Waals surface area contributed by atoms with Gasteiger partial charge < -0.3 is 16.0 Å². The third-order valence-corrected chi connectivity index (χ3v) is 5.31. The van der Waals surface area contributed by atoms with E-state index in [0.717, 1.165) is 30.7 Å². The largest absolute Gasteiger partial charge is 0.347 e. The first-order chi connectivity index (χ1) is 12.1. The van der Waals surface area contributed by atoms with Gasteiger partial charge in [-0.3, -0.25) is 9.59 Å². The Bertz CT molecular complexity index is 747. The van der Waals surface area contributed by atoms with Crippen LogP contribution in [0.4, 0.5) is 5.69 Å². The fourth-order valence-corrected chi connectivity index (χ4v) is 3.61. The number of carbonyl (C=O) groups is 2. The van der Waals surface area contributed by atoms with Gasteiger partial charge in [0.25, 0.3) is 5.91 Å². The molecule has 1 aliphatic rings. The van der Waals surface area contributed by atoms with Crippen LogP contribution in [0.1, 0.15) is 34.5 Å². The molecule has 2 aromatic rings. The average Bonchev–Trinajstić information content (AvgIpc) is 3.15. The number of halogens is 2. The number of hydrogen-bond donors (Lipinski definition) is 3. The third kappa shape index (κ3) is 5.45. The quantitative estimate of drug-likeness (QED) is 0.697. The second-order valence-corrected chi connectivity index (χ2v) is 7.39. The monoisotopic (exact) mass is 413 g/mol. The lowest BCUT2D eigenvalue weighted by atomic mass is 10.0. The zero-order valence-corrected chi connectivity index (χ0v) is 16.5. The van der Waals surface area contributed by atoms with Gasteiger partial charge in [0, 0.05) is 10.6 Å². The maximum Gasteiger partial charge on any atom is 0.253 e. The van der Waals surface area contributed by atoms with Crippen molar-refractivity contribution in [3.8, 4) is 0 Å². The molecular weight excluding hydrogens is 393 g/mol. The third-order valence-electron chi connectivity index (χ3n) is 4.11. The predicted octanol–water partition coefficient (Wildman–Crippen LogP) is 3.83. The minimum absolute atomic E-state index is 0. The van der Waals surface area contributed by atoms with E-state index in [9.17, 15) is 9.59 Å². The molecule has 0 spiro atoms. The molecule has 8 heteroatoms. The summed E-state index contributed by atoms with van der Waals surface area (Å²) in [6.07, 6.45) is 2.97. The highest BCUT2D eigenvalue weighted by molar-refractivity contribution is 7.09. The maximum atomic E-state index is 12.4. The zero-order valence-electron chi connectivity index (χ0n) is 14.1. The van der Waals surface area contributed by atoms with Crippen LogP contribution in [0.25, 0.3) is 0 Å². The molecular formula is C18H21Cl2N3O2S. The van der Waals surface area contributed by atoms with Crippen LogP contribution in [-0.2, 0) is 11.3 Å². The topological polar surface area (TPSA) is 70.2 Å². The molecule has 1 fully saturated rings. The summed E-state index contributed by atoms with van der Waals surface area (Å²) in [6.45, 7) is 1.31. The summed E-state index contributed by atoms with van der Waals surface area (Å²) in [5, 5.41) is 11.2. The van der Waals surface area contributed by atoms with E-state index >= 15 is 0 Å². The number of hydrogen-bond acceptors (Lipinski definition) is 4. The molecule has 1 aromatic carbocycles. The molecule has 1 atom stereocenters. The Kier molecular flexibility index (Phi) is 7.90. The highest BCUT2D eigenvalue weighted by Gasteiger charge is 2.21. The highest BCUT2D eigenvalue weighted by Crippen LogP contribution is 2.21. The SMILES string of the molecule is Cl.O=C(NCc1cccs1)c1cc(NC(=O)C2CCCCN2)ccc1Cl. The molecule has 1 unspecified atom stereocenters. The Morgan fingerprint density at radius 1 is 1.27 bits per heavy atom. The molecule has 0 aliphatic carbocycles. The van der Waals surface area contributed by atoms with E-state index in [0.29, 0.717) is 22.8 Å². The molecule has 0 radical (unpaired) electrons. The van der Waals surface area contributed by atoms with Gasteiger partial charge in [-0.2, -0.15) is 0 Å². The molecule has 2 amide bonds. The van der Waals surface area contributed by atoms with Crippen LogP contribution in [0, 0.1) is 0 Å². The summed E-state index contributed by atoms with van der Waals surface area (Å²) in [5.74, 6) is -0.336. The molecule has 5 nitrogen and oxygen atoms in total. The van der Waals surface area contributed by atoms with Crippen molar-refractivity contribution in [1.82, 2.24) is 10.6 Å². The lowest BCUT2D eigenvalue weighted by molar-refractivity contribution is -0.118. The minimum atomic E-state index is -0.259. The Hall–Kier alpha value is -1.60. The van der Waals surface area contributed by atoms with Crippen LogP contribution >= 0.6 is 35.3 Å². The molecule has 1 aliphatic heterocycles. The van der Waals surface area contributed by atoms with Crippen LogP contribution in [0.5, 0.6) is 0 Å². The Labute approximate surface area is 167 Å². The van der Waals surface area contributed by atoms with Gasteiger partial charge in [0.1, 0.15) is 0 Å². The van der Waals surface area contributed by atoms with Crippen LogP contribution in [0.15, 0.2) is 35.7 Å². The van der Waals surface area contributed by atoms with Gasteiger partial charge in [-0.05, 0) is 49.0 Å². The second kappa shape index (κ2) is 9.92. The van der Waals surface area contributed by atoms with E-state index < -0.39 is 0 Å². The maximum absolute atomic E-state index is 12.4. The normalized spacial score (nSPS) is 16.4. The molecule has 2 heterocycles. The molecule has 26 heavy (non-hydrogen) atoms. The van der Waals surface area contributed by atoms with Crippen molar-refractivity contribution in [1.29, 1.82) is 0 Å². The summed E-state index contributed by atoms with van der Waals surface area (Å²) in [5.41, 5.74) is 0.927. The number of amides is 2. The fourth-order valence-electron chi connectivity index (χ4n) is 2.76. The van der Waals surface area contributed by atoms with E-state index in [1.165, 1.54) is 0 Å². The van der Waals surface area contributed by atoms with Crippen molar-refractivity contribution >= 4 is 52.8 Å². The average molecular weight is 414 g/mol. The lowest BCUT2D eigenvalue weighted by Crippen LogP contribution is -2.43. The summed E-state index contributed by atoms with van der Waals surface area (Å²) in [6, 6.07) is 8.67. The summed E-state index contributed by atoms with van der Waals surface area (Å²) in [4.78, 5) is 25.8. The summed E-state index contributed by atoms with van der Waals surface area (Å²) < 4.78 is 0. The molecule has 0 bridgehead atoms. The van der Waals surface area contributed by atoms with Crippen molar-refractivity contribution in [3.05, 3.63) is 51.2 Å². The molecule has 3 rings (SSSR count). The Balaban J connectivity index is 0.00000243. The lowest BCUT2D eigenvalue weighted by Gasteiger charge is -2.22. The van der Waals surface area contributed by atoms with Gasteiger partial charge >= 0.3 is 0 Å². The second-order valence-electron chi connectivity index (χ2n) is 5.95. The van der Waals surface area contributed by atoms with E-state index in [1.54, 1.807) is 29.5 Å². The van der Waals surface area contributed by atoms with Crippen molar-refractivity contribution in [2.75, 3.05) is 11.9 Å². The van der Waals surface area contributed by atoms with Crippen molar-refractivity contribution in [3.63, 3.8) is 0 Å². The van der Waals surface area contributed by atoms with Crippen LogP contribution in [0.3, 0.4) is 0 Å². The van der Waals surface area contributed by atoms with Gasteiger partial charge in [-0.1, -0.05) is 24.1 Å². The number of piperidine rings is 1. The number of anilines is 1. The first-order valence-electron chi connectivity index (χ1n) is 8.28. The first-order valence-corrected chi connectivity index (χ1v) is 9.53. The van der Waals surface area contributed by atoms with Crippen molar-refractivity contribution in [2.24, 2.45) is 0 Å². The van der Waals surface area contributed by atoms with Gasteiger partial charge in [0.05, 0.1) is 23.2 Å². The first kappa shape index (κ1) is 20.7. The molecule has 1 aromatic heterocycles. The fraction of sp³-hybridized carbons (Fsp3) is 0.333. The van der Waals surface area contributed by atoms with Crippen LogP contribution in [0.2, 0.25) is 5.02 Å². The number of carbonyl (C=O) groups excluding carboxylic acids is 2. The molecule has 3 N–H and O–H groups in total. The van der Waals surface area contributed by atoms with E-state index in [1.807, 2.05) is 17.5 Å². The molecule has 0 saturated carbocycles. The van der Waals surface area contributed by atoms with Crippen molar-refractivity contribution < 1.29 is 9.59 Å². The van der Waals surface area contributed by atoms with Gasteiger partial charge in [-0.25, -0.2) is 0 Å². The van der Waals surface area contributed by atoms with E-state index in [2.05, 4.69) is 16.0 Å². The molecule has 1 saturated heterocycles. The van der Waals surface area contributed by atoms with Gasteiger partial charge in [-0.15, -0.1) is 23.7 Å². The Morgan fingerprint density at radius 2 is 2.12 bits per heavy atom. The highest BCUT2D eigenvalue weighted by atomic mass is 35.5. The van der Waals surface area contributed by atoms with Gasteiger partial charge in [0.2, 0.25) is 5.91 Å². The van der Waals surface area contributed by atoms with E-state index in [4.69, 9.17) is 11.6 Å². The van der Waals surface area contributed by atoms with Crippen molar-refractivity contribution in [2.45, 2.75) is 31.8 Å². The Morgan fingerprint density at radius 3 is 2.81 bits per heavy atom. The minimum Gasteiger partial charge on any atom is -0.347 e. The molecule has 140 valence electrons. The number of thiophene rings is 1. The van der Waals surface area contributed by atoms with Crippen LogP contribution in [-0.4, -0.2) is 24.4 Å². The standard InChI is InChI=1S/C18H20ClN3O2S.ClH/c19-15-7-6-12(22-18(24)16-5-1-2-8-20-16)10-14(15)17(23)21-11-13-4-3-9-25-13;/h3-4,6-7,9-10,16,20H,1-2,5,8,11H2,(H,21,23)(H,22,24);1H. The van der Waals surface area contributed by atoms with E-state index in [-0.39, 0.29) is 30.3 Å². The number of nitrogens with one attached hydrogen (secondary N) is 3. The summed E-state index contributed by atoms with van der Waals surface area (Å²) in [7, 11) is 0. The zero-order chi connectivity index (χ0) is 17.6. The predicted molar refractivity (Wildman–Crippen MR) is 108 cm³/mol.